The summed E-state index contributed by atoms with van der Waals surface area (Å²) in [6.07, 6.45) is 1.25. The summed E-state index contributed by atoms with van der Waals surface area (Å²) in [5, 5.41) is 14.2. The van der Waals surface area contributed by atoms with Crippen molar-refractivity contribution < 1.29 is 14.3 Å². The molecule has 0 radical (unpaired) electrons. The fraction of sp³-hybridized carbons (Fsp3) is 0.533. The highest BCUT2D eigenvalue weighted by atomic mass is 19.1. The van der Waals surface area contributed by atoms with Gasteiger partial charge in [-0.05, 0) is 31.9 Å². The molecule has 0 saturated carbocycles. The lowest BCUT2D eigenvalue weighted by molar-refractivity contribution is 0.231. The van der Waals surface area contributed by atoms with Crippen molar-refractivity contribution in [3.05, 3.63) is 30.1 Å². The van der Waals surface area contributed by atoms with Gasteiger partial charge in [0.1, 0.15) is 5.82 Å². The van der Waals surface area contributed by atoms with Crippen LogP contribution in [0.25, 0.3) is 0 Å². The van der Waals surface area contributed by atoms with E-state index in [1.54, 1.807) is 18.2 Å². The van der Waals surface area contributed by atoms with Crippen LogP contribution in [-0.4, -0.2) is 43.9 Å². The van der Waals surface area contributed by atoms with E-state index in [1.807, 2.05) is 18.9 Å². The standard InChI is InChI=1S/C15H24FN3O2/c1-12(8-11-20)18-15(21)17-9-5-10-19(2)14-7-4-3-6-13(14)16/h3-4,6-7,12,20H,5,8-11H2,1-2H3,(H2,17,18,21)/t12-/m1/s1. The zero-order valence-electron chi connectivity index (χ0n) is 12.6. The van der Waals surface area contributed by atoms with Crippen LogP contribution >= 0.6 is 0 Å². The number of halogens is 1. The van der Waals surface area contributed by atoms with Crippen molar-refractivity contribution in [2.75, 3.05) is 31.6 Å². The normalized spacial score (nSPS) is 11.8. The van der Waals surface area contributed by atoms with E-state index in [9.17, 15) is 9.18 Å². The lowest BCUT2D eigenvalue weighted by Crippen LogP contribution is -2.41. The average Bonchev–Trinajstić information content (AvgIpc) is 2.44. The first-order valence-electron chi connectivity index (χ1n) is 7.15. The van der Waals surface area contributed by atoms with Crippen molar-refractivity contribution in [3.63, 3.8) is 0 Å². The Morgan fingerprint density at radius 3 is 2.81 bits per heavy atom. The molecule has 3 N–H and O–H groups in total. The van der Waals surface area contributed by atoms with E-state index in [-0.39, 0.29) is 24.5 Å². The number of benzene rings is 1. The number of para-hydroxylation sites is 1. The summed E-state index contributed by atoms with van der Waals surface area (Å²) in [5.74, 6) is -0.247. The molecule has 0 unspecified atom stereocenters. The van der Waals surface area contributed by atoms with Gasteiger partial charge in [-0.25, -0.2) is 9.18 Å². The molecular weight excluding hydrogens is 273 g/mol. The molecule has 0 saturated heterocycles. The van der Waals surface area contributed by atoms with Crippen LogP contribution in [0.2, 0.25) is 0 Å². The van der Waals surface area contributed by atoms with Crippen LogP contribution in [0.5, 0.6) is 0 Å². The number of nitrogens with one attached hydrogen (secondary N) is 2. The Morgan fingerprint density at radius 2 is 2.14 bits per heavy atom. The maximum atomic E-state index is 13.6. The molecule has 1 aromatic rings. The number of anilines is 1. The number of amides is 2. The molecule has 0 heterocycles. The van der Waals surface area contributed by atoms with E-state index in [0.29, 0.717) is 31.6 Å². The third-order valence-corrected chi connectivity index (χ3v) is 3.16. The highest BCUT2D eigenvalue weighted by Gasteiger charge is 2.07. The summed E-state index contributed by atoms with van der Waals surface area (Å²) in [7, 11) is 1.82. The Hall–Kier alpha value is -1.82. The summed E-state index contributed by atoms with van der Waals surface area (Å²) in [4.78, 5) is 13.3. The maximum Gasteiger partial charge on any atom is 0.314 e. The number of hydrogen-bond donors (Lipinski definition) is 3. The van der Waals surface area contributed by atoms with E-state index in [0.717, 1.165) is 0 Å². The van der Waals surface area contributed by atoms with Gasteiger partial charge in [-0.3, -0.25) is 0 Å². The Bertz CT molecular complexity index is 443. The first-order chi connectivity index (χ1) is 10.0. The molecule has 118 valence electrons. The highest BCUT2D eigenvalue weighted by molar-refractivity contribution is 5.74. The van der Waals surface area contributed by atoms with Crippen molar-refractivity contribution in [1.29, 1.82) is 0 Å². The second kappa shape index (κ2) is 9.18. The number of carbonyl (C=O) groups excluding carboxylic acids is 1. The SMILES string of the molecule is C[C@H](CCO)NC(=O)NCCCN(C)c1ccccc1F. The first-order valence-corrected chi connectivity index (χ1v) is 7.15. The lowest BCUT2D eigenvalue weighted by atomic mass is 10.2. The predicted octanol–water partition coefficient (Wildman–Crippen LogP) is 1.72. The van der Waals surface area contributed by atoms with E-state index >= 15 is 0 Å². The average molecular weight is 297 g/mol. The topological polar surface area (TPSA) is 64.6 Å². The van der Waals surface area contributed by atoms with Crippen molar-refractivity contribution in [2.24, 2.45) is 0 Å². The Labute approximate surface area is 125 Å². The van der Waals surface area contributed by atoms with Gasteiger partial charge in [-0.2, -0.15) is 0 Å². The number of aliphatic hydroxyl groups is 1. The molecule has 0 spiro atoms. The molecule has 1 aromatic carbocycles. The molecular formula is C15H24FN3O2. The summed E-state index contributed by atoms with van der Waals surface area (Å²) in [6, 6.07) is 6.31. The molecule has 0 aliphatic carbocycles. The van der Waals surface area contributed by atoms with Gasteiger partial charge in [0.05, 0.1) is 5.69 Å². The van der Waals surface area contributed by atoms with Gasteiger partial charge in [0.15, 0.2) is 0 Å². The highest BCUT2D eigenvalue weighted by Crippen LogP contribution is 2.16. The molecule has 0 aromatic heterocycles. The van der Waals surface area contributed by atoms with Crippen molar-refractivity contribution in [2.45, 2.75) is 25.8 Å². The summed E-state index contributed by atoms with van der Waals surface area (Å²) >= 11 is 0. The number of carbonyl (C=O) groups is 1. The number of rotatable bonds is 8. The maximum absolute atomic E-state index is 13.6. The van der Waals surface area contributed by atoms with Gasteiger partial charge >= 0.3 is 6.03 Å². The molecule has 6 heteroatoms. The molecule has 0 fully saturated rings. The van der Waals surface area contributed by atoms with Crippen LogP contribution in [0.4, 0.5) is 14.9 Å². The monoisotopic (exact) mass is 297 g/mol. The molecule has 0 aliphatic heterocycles. The Morgan fingerprint density at radius 1 is 1.43 bits per heavy atom. The Balaban J connectivity index is 2.22. The molecule has 5 nitrogen and oxygen atoms in total. The van der Waals surface area contributed by atoms with Gasteiger partial charge in [-0.1, -0.05) is 12.1 Å². The summed E-state index contributed by atoms with van der Waals surface area (Å²) in [5.41, 5.74) is 0.554. The quantitative estimate of drug-likeness (QED) is 0.640. The van der Waals surface area contributed by atoms with E-state index in [4.69, 9.17) is 5.11 Å². The van der Waals surface area contributed by atoms with E-state index in [2.05, 4.69) is 10.6 Å². The van der Waals surface area contributed by atoms with Gasteiger partial charge in [-0.15, -0.1) is 0 Å². The minimum absolute atomic E-state index is 0.0505. The van der Waals surface area contributed by atoms with Crippen LogP contribution < -0.4 is 15.5 Å². The van der Waals surface area contributed by atoms with E-state index in [1.165, 1.54) is 6.07 Å². The van der Waals surface area contributed by atoms with Crippen LogP contribution in [0, 0.1) is 5.82 Å². The van der Waals surface area contributed by atoms with Crippen LogP contribution in [0.3, 0.4) is 0 Å². The van der Waals surface area contributed by atoms with Gasteiger partial charge in [0, 0.05) is 32.8 Å². The zero-order chi connectivity index (χ0) is 15.7. The summed E-state index contributed by atoms with van der Waals surface area (Å²) < 4.78 is 13.6. The number of hydrogen-bond acceptors (Lipinski definition) is 3. The van der Waals surface area contributed by atoms with Crippen LogP contribution in [-0.2, 0) is 0 Å². The smallest absolute Gasteiger partial charge is 0.314 e. The summed E-state index contributed by atoms with van der Waals surface area (Å²) in [6.45, 7) is 3.04. The molecule has 2 amide bonds. The molecule has 1 rings (SSSR count). The number of urea groups is 1. The first kappa shape index (κ1) is 17.2. The number of nitrogens with zero attached hydrogens (tertiary/aromatic N) is 1. The fourth-order valence-corrected chi connectivity index (χ4v) is 1.94. The van der Waals surface area contributed by atoms with Crippen molar-refractivity contribution in [3.8, 4) is 0 Å². The second-order valence-electron chi connectivity index (χ2n) is 5.04. The molecule has 1 atom stereocenters. The second-order valence-corrected chi connectivity index (χ2v) is 5.04. The fourth-order valence-electron chi connectivity index (χ4n) is 1.94. The Kier molecular flexibility index (Phi) is 7.53. The minimum atomic E-state index is -0.247. The van der Waals surface area contributed by atoms with Gasteiger partial charge < -0.3 is 20.6 Å². The minimum Gasteiger partial charge on any atom is -0.396 e. The zero-order valence-corrected chi connectivity index (χ0v) is 12.6. The van der Waals surface area contributed by atoms with Crippen LogP contribution in [0.15, 0.2) is 24.3 Å². The number of aliphatic hydroxyl groups excluding tert-OH is 1. The molecule has 0 bridgehead atoms. The third-order valence-electron chi connectivity index (χ3n) is 3.16. The van der Waals surface area contributed by atoms with Crippen molar-refractivity contribution in [1.82, 2.24) is 10.6 Å². The van der Waals surface area contributed by atoms with Gasteiger partial charge in [0.2, 0.25) is 0 Å². The van der Waals surface area contributed by atoms with E-state index < -0.39 is 0 Å². The molecule has 0 aliphatic rings. The van der Waals surface area contributed by atoms with Crippen LogP contribution in [0.1, 0.15) is 19.8 Å². The van der Waals surface area contributed by atoms with Gasteiger partial charge in [0.25, 0.3) is 0 Å². The predicted molar refractivity (Wildman–Crippen MR) is 82.0 cm³/mol. The lowest BCUT2D eigenvalue weighted by Gasteiger charge is -2.20. The largest absolute Gasteiger partial charge is 0.396 e. The molecule has 21 heavy (non-hydrogen) atoms. The third kappa shape index (κ3) is 6.44. The van der Waals surface area contributed by atoms with Crippen molar-refractivity contribution >= 4 is 11.7 Å².